The Morgan fingerprint density at radius 2 is 1.89 bits per heavy atom. The molecule has 0 aliphatic carbocycles. The number of carbonyl (C=O) groups is 2. The Hall–Kier alpha value is -3.15. The van der Waals surface area contributed by atoms with Crippen LogP contribution in [0.5, 0.6) is 0 Å². The molecule has 0 bridgehead atoms. The summed E-state index contributed by atoms with van der Waals surface area (Å²) in [6.07, 6.45) is 4.71. The molecule has 1 aromatic carbocycles. The lowest BCUT2D eigenvalue weighted by molar-refractivity contribution is -0.150. The first kappa shape index (κ1) is 19.6. The molecule has 3 rings (SSSR count). The Morgan fingerprint density at radius 3 is 2.61 bits per heavy atom. The minimum Gasteiger partial charge on any atom is -0.466 e. The number of aromatic nitrogens is 1. The highest BCUT2D eigenvalue weighted by Crippen LogP contribution is 2.21. The summed E-state index contributed by atoms with van der Waals surface area (Å²) < 4.78 is 6.47. The van der Waals surface area contributed by atoms with Crippen molar-refractivity contribution in [3.63, 3.8) is 0 Å². The molecule has 2 heterocycles. The molecule has 1 fully saturated rings. The van der Waals surface area contributed by atoms with Crippen LogP contribution in [0.25, 0.3) is 11.8 Å². The van der Waals surface area contributed by atoms with Gasteiger partial charge in [-0.2, -0.15) is 0 Å². The Morgan fingerprint density at radius 1 is 1.14 bits per heavy atom. The van der Waals surface area contributed by atoms with Crippen LogP contribution in [-0.4, -0.2) is 41.0 Å². The average Bonchev–Trinajstić information content (AvgIpc) is 2.73. The Balaban J connectivity index is 1.93. The third-order valence-corrected chi connectivity index (χ3v) is 4.73. The van der Waals surface area contributed by atoms with Gasteiger partial charge in [0.05, 0.1) is 12.5 Å². The first-order valence-electron chi connectivity index (χ1n) is 9.51. The topological polar surface area (TPSA) is 68.6 Å². The largest absolute Gasteiger partial charge is 0.466 e. The minimum absolute atomic E-state index is 0.265. The fraction of sp³-hybridized carbons (Fsp3) is 0.318. The predicted molar refractivity (Wildman–Crippen MR) is 107 cm³/mol. The SMILES string of the molecule is CCOC(=O)[C@H]1CCCN(C(=O)/C(=C\c2ccccc2)n2ccccc2=O)C1. The van der Waals surface area contributed by atoms with Gasteiger partial charge in [-0.25, -0.2) is 0 Å². The van der Waals surface area contributed by atoms with Crippen molar-refractivity contribution in [1.29, 1.82) is 0 Å². The van der Waals surface area contributed by atoms with Crippen molar-refractivity contribution in [2.24, 2.45) is 5.92 Å². The highest BCUT2D eigenvalue weighted by Gasteiger charge is 2.31. The molecule has 1 aliphatic rings. The van der Waals surface area contributed by atoms with Crippen molar-refractivity contribution in [2.75, 3.05) is 19.7 Å². The number of pyridine rings is 1. The van der Waals surface area contributed by atoms with E-state index in [4.69, 9.17) is 4.74 Å². The van der Waals surface area contributed by atoms with E-state index in [1.165, 1.54) is 10.6 Å². The smallest absolute Gasteiger partial charge is 0.310 e. The number of esters is 1. The van der Waals surface area contributed by atoms with Crippen molar-refractivity contribution in [2.45, 2.75) is 19.8 Å². The summed E-state index contributed by atoms with van der Waals surface area (Å²) in [5.41, 5.74) is 0.804. The lowest BCUT2D eigenvalue weighted by Gasteiger charge is -2.32. The predicted octanol–water partition coefficient (Wildman–Crippen LogP) is 2.65. The molecule has 2 aromatic rings. The second kappa shape index (κ2) is 9.17. The van der Waals surface area contributed by atoms with Crippen LogP contribution in [0.1, 0.15) is 25.3 Å². The van der Waals surface area contributed by atoms with Gasteiger partial charge < -0.3 is 9.64 Å². The molecule has 1 aromatic heterocycles. The molecule has 1 saturated heterocycles. The lowest BCUT2D eigenvalue weighted by atomic mass is 9.98. The monoisotopic (exact) mass is 380 g/mol. The van der Waals surface area contributed by atoms with Crippen LogP contribution in [0, 0.1) is 5.92 Å². The molecule has 0 saturated carbocycles. The zero-order valence-electron chi connectivity index (χ0n) is 15.9. The van der Waals surface area contributed by atoms with Gasteiger partial charge in [-0.1, -0.05) is 36.4 Å². The van der Waals surface area contributed by atoms with E-state index in [0.29, 0.717) is 26.1 Å². The van der Waals surface area contributed by atoms with Gasteiger partial charge in [0.2, 0.25) is 0 Å². The van der Waals surface area contributed by atoms with E-state index in [0.717, 1.165) is 12.0 Å². The van der Waals surface area contributed by atoms with Crippen LogP contribution >= 0.6 is 0 Å². The number of likely N-dealkylation sites (tertiary alicyclic amines) is 1. The van der Waals surface area contributed by atoms with Gasteiger partial charge in [0, 0.05) is 25.4 Å². The molecular weight excluding hydrogens is 356 g/mol. The lowest BCUT2D eigenvalue weighted by Crippen LogP contribution is -2.44. The Kier molecular flexibility index (Phi) is 6.42. The van der Waals surface area contributed by atoms with Crippen molar-refractivity contribution >= 4 is 23.6 Å². The average molecular weight is 380 g/mol. The quantitative estimate of drug-likeness (QED) is 0.591. The van der Waals surface area contributed by atoms with Gasteiger partial charge in [0.25, 0.3) is 11.5 Å². The van der Waals surface area contributed by atoms with E-state index in [-0.39, 0.29) is 29.1 Å². The Bertz CT molecular complexity index is 917. The van der Waals surface area contributed by atoms with Crippen molar-refractivity contribution < 1.29 is 14.3 Å². The molecule has 6 heteroatoms. The molecule has 0 N–H and O–H groups in total. The van der Waals surface area contributed by atoms with Crippen molar-refractivity contribution in [1.82, 2.24) is 9.47 Å². The normalized spacial score (nSPS) is 17.2. The molecule has 1 amide bonds. The zero-order valence-corrected chi connectivity index (χ0v) is 15.9. The number of rotatable bonds is 5. The number of carbonyl (C=O) groups excluding carboxylic acids is 2. The number of piperidine rings is 1. The van der Waals surface area contributed by atoms with Crippen LogP contribution in [0.3, 0.4) is 0 Å². The summed E-state index contributed by atoms with van der Waals surface area (Å²) >= 11 is 0. The van der Waals surface area contributed by atoms with Gasteiger partial charge >= 0.3 is 5.97 Å². The zero-order chi connectivity index (χ0) is 19.9. The maximum atomic E-state index is 13.3. The second-order valence-corrected chi connectivity index (χ2v) is 6.69. The van der Waals surface area contributed by atoms with Crippen molar-refractivity contribution in [3.05, 3.63) is 70.6 Å². The standard InChI is InChI=1S/C22H24N2O4/c1-2-28-22(27)18-11-8-13-23(16-18)21(26)19(15-17-9-4-3-5-10-17)24-14-7-6-12-20(24)25/h3-7,9-10,12,14-15,18H,2,8,11,13,16H2,1H3/b19-15+/t18-/m0/s1. The summed E-state index contributed by atoms with van der Waals surface area (Å²) in [6, 6.07) is 14.2. The van der Waals surface area contributed by atoms with Gasteiger partial charge in [0.15, 0.2) is 0 Å². The summed E-state index contributed by atoms with van der Waals surface area (Å²) in [5, 5.41) is 0. The fourth-order valence-corrected chi connectivity index (χ4v) is 3.34. The molecule has 1 aliphatic heterocycles. The van der Waals surface area contributed by atoms with E-state index < -0.39 is 0 Å². The maximum Gasteiger partial charge on any atom is 0.310 e. The fourth-order valence-electron chi connectivity index (χ4n) is 3.34. The van der Waals surface area contributed by atoms with Crippen LogP contribution in [0.2, 0.25) is 0 Å². The molecule has 146 valence electrons. The van der Waals surface area contributed by atoms with Gasteiger partial charge in [-0.3, -0.25) is 19.0 Å². The van der Waals surface area contributed by atoms with E-state index in [9.17, 15) is 14.4 Å². The number of ether oxygens (including phenoxy) is 1. The third-order valence-electron chi connectivity index (χ3n) is 4.73. The summed E-state index contributed by atoms with van der Waals surface area (Å²) in [4.78, 5) is 39.5. The molecule has 6 nitrogen and oxygen atoms in total. The van der Waals surface area contributed by atoms with Gasteiger partial charge in [0.1, 0.15) is 5.70 Å². The first-order valence-corrected chi connectivity index (χ1v) is 9.51. The summed E-state index contributed by atoms with van der Waals surface area (Å²) in [7, 11) is 0. The highest BCUT2D eigenvalue weighted by atomic mass is 16.5. The number of amides is 1. The molecular formula is C22H24N2O4. The summed E-state index contributed by atoms with van der Waals surface area (Å²) in [6.45, 7) is 2.93. The van der Waals surface area contributed by atoms with E-state index in [2.05, 4.69) is 0 Å². The number of hydrogen-bond acceptors (Lipinski definition) is 4. The highest BCUT2D eigenvalue weighted by molar-refractivity contribution is 6.18. The van der Waals surface area contributed by atoms with E-state index in [1.807, 2.05) is 30.3 Å². The maximum absolute atomic E-state index is 13.3. The first-order chi connectivity index (χ1) is 13.6. The molecule has 0 radical (unpaired) electrons. The van der Waals surface area contributed by atoms with Crippen LogP contribution in [0.15, 0.2) is 59.5 Å². The number of hydrogen-bond donors (Lipinski definition) is 0. The van der Waals surface area contributed by atoms with Gasteiger partial charge in [-0.05, 0) is 37.5 Å². The molecule has 1 atom stereocenters. The number of benzene rings is 1. The summed E-state index contributed by atoms with van der Waals surface area (Å²) in [5.74, 6) is -0.875. The molecule has 0 unspecified atom stereocenters. The third kappa shape index (κ3) is 4.57. The Labute approximate surface area is 164 Å². The van der Waals surface area contributed by atoms with Crippen LogP contribution in [0.4, 0.5) is 0 Å². The van der Waals surface area contributed by atoms with Crippen LogP contribution in [-0.2, 0) is 14.3 Å². The molecule has 0 spiro atoms. The number of nitrogens with zero attached hydrogens (tertiary/aromatic N) is 2. The van der Waals surface area contributed by atoms with Crippen molar-refractivity contribution in [3.8, 4) is 0 Å². The van der Waals surface area contributed by atoms with E-state index >= 15 is 0 Å². The second-order valence-electron chi connectivity index (χ2n) is 6.69. The molecule has 28 heavy (non-hydrogen) atoms. The van der Waals surface area contributed by atoms with Gasteiger partial charge in [-0.15, -0.1) is 0 Å². The minimum atomic E-state index is -0.330. The van der Waals surface area contributed by atoms with E-state index in [1.54, 1.807) is 36.2 Å². The van der Waals surface area contributed by atoms with Crippen LogP contribution < -0.4 is 5.56 Å².